The van der Waals surface area contributed by atoms with Crippen molar-refractivity contribution in [2.75, 3.05) is 6.54 Å². The van der Waals surface area contributed by atoms with Crippen molar-refractivity contribution in [1.29, 1.82) is 0 Å². The molecule has 0 saturated carbocycles. The summed E-state index contributed by atoms with van der Waals surface area (Å²) in [5, 5.41) is 0. The highest BCUT2D eigenvalue weighted by Gasteiger charge is 2.18. The molecule has 0 bridgehead atoms. The van der Waals surface area contributed by atoms with Crippen molar-refractivity contribution < 1.29 is 16.8 Å². The zero-order valence-corrected chi connectivity index (χ0v) is 13.0. The van der Waals surface area contributed by atoms with E-state index in [0.717, 1.165) is 12.5 Å². The molecular formula is C11H16ClNO4S2. The first-order valence-corrected chi connectivity index (χ1v) is 9.50. The van der Waals surface area contributed by atoms with Crippen LogP contribution >= 0.6 is 10.7 Å². The lowest BCUT2D eigenvalue weighted by molar-refractivity contribution is 0.528. The summed E-state index contributed by atoms with van der Waals surface area (Å²) in [6.45, 7) is 4.18. The number of sulfonamides is 1. The fraction of sp³-hybridized carbons (Fsp3) is 0.455. The maximum atomic E-state index is 12.0. The number of hydrogen-bond donors (Lipinski definition) is 1. The fourth-order valence-electron chi connectivity index (χ4n) is 1.27. The van der Waals surface area contributed by atoms with E-state index >= 15 is 0 Å². The van der Waals surface area contributed by atoms with Crippen molar-refractivity contribution in [3.8, 4) is 0 Å². The average Bonchev–Trinajstić information content (AvgIpc) is 2.35. The van der Waals surface area contributed by atoms with E-state index in [1.807, 2.05) is 13.8 Å². The van der Waals surface area contributed by atoms with Gasteiger partial charge in [-0.3, -0.25) is 0 Å². The van der Waals surface area contributed by atoms with Crippen molar-refractivity contribution in [3.05, 3.63) is 24.3 Å². The van der Waals surface area contributed by atoms with E-state index in [1.54, 1.807) is 0 Å². The summed E-state index contributed by atoms with van der Waals surface area (Å²) in [6, 6.07) is 4.95. The second-order valence-corrected chi connectivity index (χ2v) is 8.61. The molecule has 0 amide bonds. The van der Waals surface area contributed by atoms with Gasteiger partial charge in [0.05, 0.1) is 9.79 Å². The van der Waals surface area contributed by atoms with Crippen molar-refractivity contribution in [1.82, 2.24) is 4.72 Å². The average molecular weight is 326 g/mol. The summed E-state index contributed by atoms with van der Waals surface area (Å²) >= 11 is 0. The number of halogens is 1. The third-order valence-corrected chi connectivity index (χ3v) is 5.49. The second-order valence-electron chi connectivity index (χ2n) is 4.28. The number of nitrogens with one attached hydrogen (secondary N) is 1. The highest BCUT2D eigenvalue weighted by molar-refractivity contribution is 8.13. The second kappa shape index (κ2) is 6.21. The van der Waals surface area contributed by atoms with Gasteiger partial charge in [-0.1, -0.05) is 26.3 Å². The number of benzene rings is 1. The normalized spacial score (nSPS) is 14.3. The highest BCUT2D eigenvalue weighted by Crippen LogP contribution is 2.19. The van der Waals surface area contributed by atoms with Gasteiger partial charge in [-0.05, 0) is 24.1 Å². The van der Waals surface area contributed by atoms with Gasteiger partial charge in [-0.2, -0.15) is 0 Å². The minimum absolute atomic E-state index is 0.113. The first-order chi connectivity index (χ1) is 8.66. The Morgan fingerprint density at radius 1 is 1.21 bits per heavy atom. The van der Waals surface area contributed by atoms with Gasteiger partial charge >= 0.3 is 0 Å². The van der Waals surface area contributed by atoms with Crippen molar-refractivity contribution in [2.45, 2.75) is 30.1 Å². The molecule has 108 valence electrons. The van der Waals surface area contributed by atoms with E-state index in [1.165, 1.54) is 18.2 Å². The molecule has 1 aromatic rings. The first-order valence-electron chi connectivity index (χ1n) is 5.71. The SMILES string of the molecule is CCC(C)CNS(=O)(=O)c1cccc(S(=O)(=O)Cl)c1. The molecule has 1 unspecified atom stereocenters. The molecule has 1 N–H and O–H groups in total. The van der Waals surface area contributed by atoms with Crippen LogP contribution in [0.3, 0.4) is 0 Å². The lowest BCUT2D eigenvalue weighted by atomic mass is 10.1. The van der Waals surface area contributed by atoms with E-state index in [0.29, 0.717) is 6.54 Å². The minimum atomic E-state index is -3.94. The van der Waals surface area contributed by atoms with Gasteiger partial charge in [-0.25, -0.2) is 21.6 Å². The Labute approximate surface area is 118 Å². The largest absolute Gasteiger partial charge is 0.261 e. The standard InChI is InChI=1S/C11H16ClNO4S2/c1-3-9(2)8-13-19(16,17)11-6-4-5-10(7-11)18(12,14)15/h4-7,9,13H,3,8H2,1-2H3. The molecule has 0 aliphatic heterocycles. The summed E-state index contributed by atoms with van der Waals surface area (Å²) in [5.74, 6) is 0.203. The van der Waals surface area contributed by atoms with Crippen molar-refractivity contribution >= 4 is 29.8 Å². The smallest absolute Gasteiger partial charge is 0.211 e. The molecule has 0 aliphatic carbocycles. The first kappa shape index (κ1) is 16.4. The van der Waals surface area contributed by atoms with Crippen LogP contribution in [-0.4, -0.2) is 23.4 Å². The Morgan fingerprint density at radius 2 is 1.79 bits per heavy atom. The molecule has 19 heavy (non-hydrogen) atoms. The lowest BCUT2D eigenvalue weighted by Gasteiger charge is -2.11. The quantitative estimate of drug-likeness (QED) is 0.810. The van der Waals surface area contributed by atoms with Crippen LogP contribution in [0.5, 0.6) is 0 Å². The van der Waals surface area contributed by atoms with Crippen LogP contribution in [0.1, 0.15) is 20.3 Å². The van der Waals surface area contributed by atoms with Crippen LogP contribution < -0.4 is 4.72 Å². The van der Waals surface area contributed by atoms with Gasteiger partial charge in [0, 0.05) is 17.2 Å². The Balaban J connectivity index is 3.03. The van der Waals surface area contributed by atoms with E-state index in [2.05, 4.69) is 4.72 Å². The number of hydrogen-bond acceptors (Lipinski definition) is 4. The zero-order chi connectivity index (χ0) is 14.7. The molecule has 1 atom stereocenters. The van der Waals surface area contributed by atoms with E-state index in [-0.39, 0.29) is 15.7 Å². The maximum Gasteiger partial charge on any atom is 0.261 e. The summed E-state index contributed by atoms with van der Waals surface area (Å²) in [5.41, 5.74) is 0. The minimum Gasteiger partial charge on any atom is -0.211 e. The molecule has 8 heteroatoms. The summed E-state index contributed by atoms with van der Waals surface area (Å²) in [6.07, 6.45) is 0.846. The van der Waals surface area contributed by atoms with Crippen LogP contribution in [0.2, 0.25) is 0 Å². The molecule has 0 fully saturated rings. The van der Waals surface area contributed by atoms with Gasteiger partial charge in [0.1, 0.15) is 0 Å². The van der Waals surface area contributed by atoms with E-state index < -0.39 is 19.1 Å². The zero-order valence-electron chi connectivity index (χ0n) is 10.6. The van der Waals surface area contributed by atoms with Crippen LogP contribution in [-0.2, 0) is 19.1 Å². The summed E-state index contributed by atoms with van der Waals surface area (Å²) < 4.78 is 48.8. The van der Waals surface area contributed by atoms with Gasteiger partial charge < -0.3 is 0 Å². The Bertz CT molecular complexity index is 640. The predicted octanol–water partition coefficient (Wildman–Crippen LogP) is 1.94. The molecule has 0 aliphatic rings. The summed E-state index contributed by atoms with van der Waals surface area (Å²) in [4.78, 5) is -0.349. The van der Waals surface area contributed by atoms with E-state index in [9.17, 15) is 16.8 Å². The molecule has 0 heterocycles. The Hall–Kier alpha value is -0.630. The Morgan fingerprint density at radius 3 is 2.32 bits per heavy atom. The van der Waals surface area contributed by atoms with Crippen molar-refractivity contribution in [2.24, 2.45) is 5.92 Å². The van der Waals surface area contributed by atoms with Crippen LogP contribution in [0.25, 0.3) is 0 Å². The van der Waals surface area contributed by atoms with Crippen LogP contribution in [0, 0.1) is 5.92 Å². The highest BCUT2D eigenvalue weighted by atomic mass is 35.7. The van der Waals surface area contributed by atoms with Gasteiger partial charge in [-0.15, -0.1) is 0 Å². The summed E-state index contributed by atoms with van der Waals surface area (Å²) in [7, 11) is -2.48. The molecule has 0 aromatic heterocycles. The maximum absolute atomic E-state index is 12.0. The van der Waals surface area contributed by atoms with Gasteiger partial charge in [0.2, 0.25) is 10.0 Å². The molecule has 0 spiro atoms. The fourth-order valence-corrected chi connectivity index (χ4v) is 3.35. The molecule has 0 saturated heterocycles. The topological polar surface area (TPSA) is 80.3 Å². The van der Waals surface area contributed by atoms with Gasteiger partial charge in [0.15, 0.2) is 0 Å². The molecule has 5 nitrogen and oxygen atoms in total. The predicted molar refractivity (Wildman–Crippen MR) is 74.1 cm³/mol. The lowest BCUT2D eigenvalue weighted by Crippen LogP contribution is -2.28. The van der Waals surface area contributed by atoms with Gasteiger partial charge in [0.25, 0.3) is 9.05 Å². The number of rotatable bonds is 6. The van der Waals surface area contributed by atoms with E-state index in [4.69, 9.17) is 10.7 Å². The third kappa shape index (κ3) is 4.76. The van der Waals surface area contributed by atoms with Crippen LogP contribution in [0.4, 0.5) is 0 Å². The monoisotopic (exact) mass is 325 g/mol. The van der Waals surface area contributed by atoms with Crippen molar-refractivity contribution in [3.63, 3.8) is 0 Å². The third-order valence-electron chi connectivity index (χ3n) is 2.72. The van der Waals surface area contributed by atoms with Crippen LogP contribution in [0.15, 0.2) is 34.1 Å². The Kier molecular flexibility index (Phi) is 5.37. The molecular weight excluding hydrogens is 310 g/mol. The molecule has 1 aromatic carbocycles. The molecule has 0 radical (unpaired) electrons. The molecule has 1 rings (SSSR count).